The van der Waals surface area contributed by atoms with Crippen LogP contribution < -0.4 is 0 Å². The zero-order valence-electron chi connectivity index (χ0n) is 10.6. The number of piperazine rings is 1. The summed E-state index contributed by atoms with van der Waals surface area (Å²) in [4.78, 5) is 5.13. The van der Waals surface area contributed by atoms with Crippen LogP contribution in [0.25, 0.3) is 0 Å². The van der Waals surface area contributed by atoms with Crippen molar-refractivity contribution in [1.82, 2.24) is 9.80 Å². The van der Waals surface area contributed by atoms with Crippen LogP contribution >= 0.6 is 15.9 Å². The number of nitrogens with zero attached hydrogens (tertiary/aromatic N) is 2. The maximum atomic E-state index is 3.77. The summed E-state index contributed by atoms with van der Waals surface area (Å²) in [5.41, 5.74) is 0.591. The molecule has 0 amide bonds. The average Bonchev–Trinajstić information content (AvgIpc) is 2.33. The summed E-state index contributed by atoms with van der Waals surface area (Å²) in [6.07, 6.45) is 7.21. The van der Waals surface area contributed by atoms with Crippen LogP contribution in [0.4, 0.5) is 0 Å². The fourth-order valence-corrected chi connectivity index (χ4v) is 3.85. The van der Waals surface area contributed by atoms with Gasteiger partial charge in [-0.25, -0.2) is 0 Å². The number of alkyl halides is 1. The third-order valence-corrected chi connectivity index (χ3v) is 5.54. The van der Waals surface area contributed by atoms with Crippen molar-refractivity contribution < 1.29 is 0 Å². The SMILES string of the molecule is CN1CCN(CC2(CBr)CCCCC2)CC1. The van der Waals surface area contributed by atoms with Crippen molar-refractivity contribution in [2.45, 2.75) is 32.1 Å². The van der Waals surface area contributed by atoms with Crippen LogP contribution in [0, 0.1) is 5.41 Å². The number of likely N-dealkylation sites (N-methyl/N-ethyl adjacent to an activating group) is 1. The molecule has 0 aromatic heterocycles. The number of hydrogen-bond acceptors (Lipinski definition) is 2. The lowest BCUT2D eigenvalue weighted by Gasteiger charge is -2.42. The van der Waals surface area contributed by atoms with E-state index in [2.05, 4.69) is 32.8 Å². The molecule has 0 atom stereocenters. The standard InChI is InChI=1S/C13H25BrN2/c1-15-7-9-16(10-8-15)12-13(11-14)5-3-2-4-6-13/h2-12H2,1H3. The normalized spacial score (nSPS) is 28.1. The van der Waals surface area contributed by atoms with Gasteiger partial charge in [-0.3, -0.25) is 0 Å². The Morgan fingerprint density at radius 3 is 2.19 bits per heavy atom. The summed E-state index contributed by atoms with van der Waals surface area (Å²) in [5, 5.41) is 1.20. The maximum absolute atomic E-state index is 3.77. The Kier molecular flexibility index (Phi) is 4.68. The van der Waals surface area contributed by atoms with Gasteiger partial charge in [-0.05, 0) is 25.3 Å². The zero-order chi connectivity index (χ0) is 11.4. The maximum Gasteiger partial charge on any atom is 0.0110 e. The second-order valence-electron chi connectivity index (χ2n) is 5.77. The summed E-state index contributed by atoms with van der Waals surface area (Å²) >= 11 is 3.77. The zero-order valence-corrected chi connectivity index (χ0v) is 12.1. The summed E-state index contributed by atoms with van der Waals surface area (Å²) < 4.78 is 0. The van der Waals surface area contributed by atoms with Crippen LogP contribution in [0.15, 0.2) is 0 Å². The molecule has 2 fully saturated rings. The molecule has 2 rings (SSSR count). The fraction of sp³-hybridized carbons (Fsp3) is 1.00. The van der Waals surface area contributed by atoms with E-state index in [1.54, 1.807) is 0 Å². The third kappa shape index (κ3) is 3.21. The van der Waals surface area contributed by atoms with Crippen molar-refractivity contribution in [3.05, 3.63) is 0 Å². The molecular formula is C13H25BrN2. The van der Waals surface area contributed by atoms with Gasteiger partial charge in [0.2, 0.25) is 0 Å². The van der Waals surface area contributed by atoms with E-state index in [0.29, 0.717) is 5.41 Å². The molecule has 1 saturated heterocycles. The number of halogens is 1. The van der Waals surface area contributed by atoms with Crippen LogP contribution in [-0.4, -0.2) is 54.9 Å². The molecule has 2 aliphatic rings. The van der Waals surface area contributed by atoms with Gasteiger partial charge < -0.3 is 9.80 Å². The Morgan fingerprint density at radius 2 is 1.62 bits per heavy atom. The molecule has 1 aliphatic heterocycles. The smallest absolute Gasteiger partial charge is 0.0110 e. The molecule has 0 unspecified atom stereocenters. The van der Waals surface area contributed by atoms with E-state index < -0.39 is 0 Å². The van der Waals surface area contributed by atoms with Crippen molar-refractivity contribution in [1.29, 1.82) is 0 Å². The van der Waals surface area contributed by atoms with Crippen molar-refractivity contribution in [2.75, 3.05) is 45.1 Å². The molecule has 0 spiro atoms. The molecule has 0 aromatic carbocycles. The van der Waals surface area contributed by atoms with E-state index in [4.69, 9.17) is 0 Å². The molecule has 0 aromatic rings. The topological polar surface area (TPSA) is 6.48 Å². The summed E-state index contributed by atoms with van der Waals surface area (Å²) in [7, 11) is 2.23. The molecule has 16 heavy (non-hydrogen) atoms. The summed E-state index contributed by atoms with van der Waals surface area (Å²) in [6, 6.07) is 0. The minimum absolute atomic E-state index is 0.591. The van der Waals surface area contributed by atoms with Crippen LogP contribution in [0.5, 0.6) is 0 Å². The van der Waals surface area contributed by atoms with Crippen LogP contribution in [0.3, 0.4) is 0 Å². The van der Waals surface area contributed by atoms with Crippen LogP contribution in [0.2, 0.25) is 0 Å². The van der Waals surface area contributed by atoms with Gasteiger partial charge in [-0.1, -0.05) is 35.2 Å². The van der Waals surface area contributed by atoms with E-state index >= 15 is 0 Å². The van der Waals surface area contributed by atoms with Crippen LogP contribution in [-0.2, 0) is 0 Å². The molecule has 94 valence electrons. The van der Waals surface area contributed by atoms with Gasteiger partial charge in [0, 0.05) is 38.1 Å². The lowest BCUT2D eigenvalue weighted by atomic mass is 9.75. The Labute approximate surface area is 108 Å². The highest BCUT2D eigenvalue weighted by molar-refractivity contribution is 9.09. The lowest BCUT2D eigenvalue weighted by molar-refractivity contribution is 0.0848. The van der Waals surface area contributed by atoms with Gasteiger partial charge in [0.05, 0.1) is 0 Å². The van der Waals surface area contributed by atoms with Gasteiger partial charge in [0.25, 0.3) is 0 Å². The second kappa shape index (κ2) is 5.83. The number of hydrogen-bond donors (Lipinski definition) is 0. The molecule has 0 N–H and O–H groups in total. The third-order valence-electron chi connectivity index (χ3n) is 4.35. The Hall–Kier alpha value is 0.400. The predicted molar refractivity (Wildman–Crippen MR) is 73.2 cm³/mol. The van der Waals surface area contributed by atoms with Gasteiger partial charge >= 0.3 is 0 Å². The first kappa shape index (κ1) is 12.8. The highest BCUT2D eigenvalue weighted by Gasteiger charge is 2.33. The molecule has 0 bridgehead atoms. The van der Waals surface area contributed by atoms with Crippen molar-refractivity contribution in [3.63, 3.8) is 0 Å². The average molecular weight is 289 g/mol. The summed E-state index contributed by atoms with van der Waals surface area (Å²) in [6.45, 7) is 6.36. The molecule has 0 radical (unpaired) electrons. The van der Waals surface area contributed by atoms with E-state index in [-0.39, 0.29) is 0 Å². The van der Waals surface area contributed by atoms with Gasteiger partial charge in [-0.15, -0.1) is 0 Å². The Morgan fingerprint density at radius 1 is 1.00 bits per heavy atom. The summed E-state index contributed by atoms with van der Waals surface area (Å²) in [5.74, 6) is 0. The van der Waals surface area contributed by atoms with E-state index in [1.807, 2.05) is 0 Å². The molecule has 1 saturated carbocycles. The fourth-order valence-electron chi connectivity index (χ4n) is 3.12. The minimum Gasteiger partial charge on any atom is -0.304 e. The van der Waals surface area contributed by atoms with Crippen LogP contribution in [0.1, 0.15) is 32.1 Å². The highest BCUT2D eigenvalue weighted by Crippen LogP contribution is 2.38. The van der Waals surface area contributed by atoms with E-state index in [1.165, 1.54) is 70.2 Å². The lowest BCUT2D eigenvalue weighted by Crippen LogP contribution is -2.49. The van der Waals surface area contributed by atoms with Crippen molar-refractivity contribution in [3.8, 4) is 0 Å². The van der Waals surface area contributed by atoms with E-state index in [0.717, 1.165) is 0 Å². The quantitative estimate of drug-likeness (QED) is 0.737. The van der Waals surface area contributed by atoms with Gasteiger partial charge in [0.1, 0.15) is 0 Å². The van der Waals surface area contributed by atoms with Crippen molar-refractivity contribution >= 4 is 15.9 Å². The number of rotatable bonds is 3. The largest absolute Gasteiger partial charge is 0.304 e. The highest BCUT2D eigenvalue weighted by atomic mass is 79.9. The van der Waals surface area contributed by atoms with Gasteiger partial charge in [-0.2, -0.15) is 0 Å². The first-order valence-corrected chi connectivity index (χ1v) is 7.83. The Bertz CT molecular complexity index is 206. The first-order chi connectivity index (χ1) is 7.74. The first-order valence-electron chi connectivity index (χ1n) is 6.71. The second-order valence-corrected chi connectivity index (χ2v) is 6.33. The molecular weight excluding hydrogens is 264 g/mol. The molecule has 2 nitrogen and oxygen atoms in total. The van der Waals surface area contributed by atoms with E-state index in [9.17, 15) is 0 Å². The monoisotopic (exact) mass is 288 g/mol. The molecule has 1 heterocycles. The Balaban J connectivity index is 1.86. The molecule has 1 aliphatic carbocycles. The van der Waals surface area contributed by atoms with Gasteiger partial charge in [0.15, 0.2) is 0 Å². The molecule has 3 heteroatoms. The predicted octanol–water partition coefficient (Wildman–Crippen LogP) is 2.58. The minimum atomic E-state index is 0.591. The van der Waals surface area contributed by atoms with Crippen molar-refractivity contribution in [2.24, 2.45) is 5.41 Å².